The highest BCUT2D eigenvalue weighted by Gasteiger charge is 2.30. The first kappa shape index (κ1) is 13.4. The van der Waals surface area contributed by atoms with Gasteiger partial charge in [-0.2, -0.15) is 13.2 Å². The van der Waals surface area contributed by atoms with E-state index in [4.69, 9.17) is 0 Å². The number of nitrogens with zero attached hydrogens (tertiary/aromatic N) is 2. The van der Waals surface area contributed by atoms with Gasteiger partial charge >= 0.3 is 6.18 Å². The van der Waals surface area contributed by atoms with Crippen molar-refractivity contribution in [1.82, 2.24) is 9.38 Å². The number of imidazole rings is 1. The topological polar surface area (TPSA) is 17.3 Å². The van der Waals surface area contributed by atoms with Crippen LogP contribution in [0.1, 0.15) is 23.1 Å². The van der Waals surface area contributed by atoms with Crippen molar-refractivity contribution < 1.29 is 13.2 Å². The van der Waals surface area contributed by atoms with Crippen LogP contribution >= 0.6 is 0 Å². The van der Waals surface area contributed by atoms with Crippen molar-refractivity contribution in [2.75, 3.05) is 0 Å². The van der Waals surface area contributed by atoms with Crippen molar-refractivity contribution in [1.29, 1.82) is 0 Å². The number of benzene rings is 1. The summed E-state index contributed by atoms with van der Waals surface area (Å²) in [5.74, 6) is 0. The monoisotopic (exact) mass is 302 g/mol. The zero-order valence-corrected chi connectivity index (χ0v) is 11.7. The highest BCUT2D eigenvalue weighted by molar-refractivity contribution is 5.64. The summed E-state index contributed by atoms with van der Waals surface area (Å²) in [5, 5.41) is 0. The van der Waals surface area contributed by atoms with Crippen molar-refractivity contribution in [2.24, 2.45) is 0 Å². The maximum atomic E-state index is 12.8. The molecule has 1 aromatic carbocycles. The van der Waals surface area contributed by atoms with Crippen LogP contribution in [0, 0.1) is 0 Å². The molecule has 0 saturated heterocycles. The van der Waals surface area contributed by atoms with Crippen molar-refractivity contribution in [3.05, 3.63) is 59.4 Å². The molecule has 1 aliphatic carbocycles. The van der Waals surface area contributed by atoms with Crippen LogP contribution in [0.5, 0.6) is 0 Å². The number of aryl methyl sites for hydroxylation is 2. The van der Waals surface area contributed by atoms with Gasteiger partial charge in [0.2, 0.25) is 0 Å². The quantitative estimate of drug-likeness (QED) is 0.646. The summed E-state index contributed by atoms with van der Waals surface area (Å²) in [6, 6.07) is 8.67. The molecular formula is C17H13F3N2. The molecule has 5 heteroatoms. The molecule has 0 spiro atoms. The molecule has 0 atom stereocenters. The first-order valence-electron chi connectivity index (χ1n) is 7.19. The molecule has 3 aromatic rings. The number of hydrogen-bond donors (Lipinski definition) is 0. The van der Waals surface area contributed by atoms with E-state index in [1.807, 2.05) is 6.07 Å². The Labute approximate surface area is 125 Å². The highest BCUT2D eigenvalue weighted by atomic mass is 19.4. The third-order valence-electron chi connectivity index (χ3n) is 4.17. The molecule has 22 heavy (non-hydrogen) atoms. The van der Waals surface area contributed by atoms with Gasteiger partial charge in [-0.25, -0.2) is 4.98 Å². The van der Waals surface area contributed by atoms with E-state index in [0.717, 1.165) is 30.7 Å². The highest BCUT2D eigenvalue weighted by Crippen LogP contribution is 2.31. The van der Waals surface area contributed by atoms with Gasteiger partial charge in [-0.15, -0.1) is 0 Å². The minimum Gasteiger partial charge on any atom is -0.306 e. The summed E-state index contributed by atoms with van der Waals surface area (Å²) in [6.45, 7) is 0. The predicted octanol–water partition coefficient (Wildman–Crippen LogP) is 4.51. The fourth-order valence-electron chi connectivity index (χ4n) is 3.03. The summed E-state index contributed by atoms with van der Waals surface area (Å²) in [6.07, 6.45) is 1.73. The van der Waals surface area contributed by atoms with E-state index in [-0.39, 0.29) is 0 Å². The summed E-state index contributed by atoms with van der Waals surface area (Å²) in [7, 11) is 0. The molecule has 0 radical (unpaired) electrons. The number of hydrogen-bond acceptors (Lipinski definition) is 1. The second-order valence-corrected chi connectivity index (χ2v) is 5.64. The summed E-state index contributed by atoms with van der Waals surface area (Å²) >= 11 is 0. The molecule has 2 nitrogen and oxygen atoms in total. The Morgan fingerprint density at radius 3 is 2.59 bits per heavy atom. The van der Waals surface area contributed by atoms with Crippen LogP contribution < -0.4 is 0 Å². The van der Waals surface area contributed by atoms with Crippen LogP contribution in [0.25, 0.3) is 16.9 Å². The van der Waals surface area contributed by atoms with Gasteiger partial charge in [-0.05, 0) is 48.6 Å². The van der Waals surface area contributed by atoms with E-state index in [0.29, 0.717) is 11.3 Å². The fraction of sp³-hybridized carbons (Fsp3) is 0.235. The van der Waals surface area contributed by atoms with Gasteiger partial charge in [0.05, 0.1) is 11.3 Å². The Morgan fingerprint density at radius 2 is 1.77 bits per heavy atom. The van der Waals surface area contributed by atoms with Gasteiger partial charge in [-0.1, -0.05) is 12.1 Å². The van der Waals surface area contributed by atoms with Crippen LogP contribution in [0.3, 0.4) is 0 Å². The van der Waals surface area contributed by atoms with Crippen LogP contribution in [0.2, 0.25) is 0 Å². The smallest absolute Gasteiger partial charge is 0.306 e. The van der Waals surface area contributed by atoms with Crippen LogP contribution in [0.4, 0.5) is 13.2 Å². The molecule has 0 unspecified atom stereocenters. The van der Waals surface area contributed by atoms with Crippen molar-refractivity contribution in [3.63, 3.8) is 0 Å². The number of rotatable bonds is 1. The first-order chi connectivity index (χ1) is 10.5. The minimum absolute atomic E-state index is 0.517. The predicted molar refractivity (Wildman–Crippen MR) is 77.7 cm³/mol. The number of pyridine rings is 1. The molecule has 2 heterocycles. The third kappa shape index (κ3) is 2.17. The molecule has 0 fully saturated rings. The molecule has 2 aromatic heterocycles. The van der Waals surface area contributed by atoms with E-state index in [1.54, 1.807) is 6.20 Å². The Balaban J connectivity index is 1.79. The van der Waals surface area contributed by atoms with Gasteiger partial charge in [0.1, 0.15) is 5.65 Å². The fourth-order valence-corrected chi connectivity index (χ4v) is 3.03. The average Bonchev–Trinajstić information content (AvgIpc) is 3.10. The molecule has 0 N–H and O–H groups in total. The largest absolute Gasteiger partial charge is 0.417 e. The van der Waals surface area contributed by atoms with E-state index < -0.39 is 11.7 Å². The first-order valence-corrected chi connectivity index (χ1v) is 7.19. The number of alkyl halides is 3. The molecule has 112 valence electrons. The van der Waals surface area contributed by atoms with Gasteiger partial charge in [0, 0.05) is 18.0 Å². The summed E-state index contributed by atoms with van der Waals surface area (Å²) < 4.78 is 39.7. The van der Waals surface area contributed by atoms with Gasteiger partial charge in [-0.3, -0.25) is 0 Å². The third-order valence-corrected chi connectivity index (χ3v) is 4.17. The van der Waals surface area contributed by atoms with Gasteiger partial charge in [0.25, 0.3) is 0 Å². The van der Waals surface area contributed by atoms with Crippen molar-refractivity contribution in [3.8, 4) is 11.3 Å². The maximum absolute atomic E-state index is 12.8. The number of aromatic nitrogens is 2. The second kappa shape index (κ2) is 4.60. The molecule has 0 amide bonds. The number of fused-ring (bicyclic) bond motifs is 2. The summed E-state index contributed by atoms with van der Waals surface area (Å²) in [4.78, 5) is 4.43. The minimum atomic E-state index is -4.34. The zero-order valence-electron chi connectivity index (χ0n) is 11.7. The lowest BCUT2D eigenvalue weighted by molar-refractivity contribution is -0.137. The maximum Gasteiger partial charge on any atom is 0.417 e. The Hall–Kier alpha value is -2.30. The van der Waals surface area contributed by atoms with E-state index in [2.05, 4.69) is 17.1 Å². The van der Waals surface area contributed by atoms with Gasteiger partial charge in [0.15, 0.2) is 0 Å². The molecule has 0 bridgehead atoms. The van der Waals surface area contributed by atoms with E-state index >= 15 is 0 Å². The van der Waals surface area contributed by atoms with Crippen molar-refractivity contribution >= 4 is 5.65 Å². The lowest BCUT2D eigenvalue weighted by Crippen LogP contribution is -2.05. The second-order valence-electron chi connectivity index (χ2n) is 5.64. The Bertz CT molecular complexity index is 862. The van der Waals surface area contributed by atoms with Crippen molar-refractivity contribution in [2.45, 2.75) is 25.4 Å². The van der Waals surface area contributed by atoms with Gasteiger partial charge < -0.3 is 4.40 Å². The lowest BCUT2D eigenvalue weighted by atomic mass is 10.1. The molecule has 0 aliphatic heterocycles. The molecule has 1 aliphatic rings. The average molecular weight is 302 g/mol. The molecular weight excluding hydrogens is 289 g/mol. The van der Waals surface area contributed by atoms with Crippen LogP contribution in [-0.2, 0) is 19.0 Å². The van der Waals surface area contributed by atoms with E-state index in [9.17, 15) is 13.2 Å². The van der Waals surface area contributed by atoms with E-state index in [1.165, 1.54) is 28.0 Å². The standard InChI is InChI=1S/C17H13F3N2/c18-17(19,20)14-6-7-16-21-15(10-22(16)9-14)13-5-4-11-2-1-3-12(11)8-13/h4-10H,1-3H2. The lowest BCUT2D eigenvalue weighted by Gasteiger charge is -2.05. The Kier molecular flexibility index (Phi) is 2.79. The normalized spacial score (nSPS) is 14.5. The SMILES string of the molecule is FC(F)(F)c1ccc2nc(-c3ccc4c(c3)CCC4)cn2c1. The zero-order chi connectivity index (χ0) is 15.3. The molecule has 4 rings (SSSR count). The summed E-state index contributed by atoms with van der Waals surface area (Å²) in [5.41, 5.74) is 4.20. The Morgan fingerprint density at radius 1 is 0.955 bits per heavy atom. The van der Waals surface area contributed by atoms with Crippen LogP contribution in [0.15, 0.2) is 42.7 Å². The van der Waals surface area contributed by atoms with Crippen LogP contribution in [-0.4, -0.2) is 9.38 Å². The number of halogens is 3. The molecule has 0 saturated carbocycles.